The zero-order valence-corrected chi connectivity index (χ0v) is 22.9. The predicted octanol–water partition coefficient (Wildman–Crippen LogP) is 1.92. The van der Waals surface area contributed by atoms with Gasteiger partial charge in [-0.2, -0.15) is 0 Å². The van der Waals surface area contributed by atoms with Crippen molar-refractivity contribution >= 4 is 39.5 Å². The molecule has 0 radical (unpaired) electrons. The topological polar surface area (TPSA) is 178 Å². The first kappa shape index (κ1) is 29.7. The molecule has 0 unspecified atom stereocenters. The molecule has 2 aromatic carbocycles. The molecule has 12 heteroatoms. The molecule has 0 bridgehead atoms. The van der Waals surface area contributed by atoms with Gasteiger partial charge in [-0.25, -0.2) is 8.42 Å². The number of hydrogen-bond donors (Lipinski definition) is 4. The van der Waals surface area contributed by atoms with Gasteiger partial charge in [0.1, 0.15) is 17.7 Å². The quantitative estimate of drug-likeness (QED) is 0.174. The Bertz CT molecular complexity index is 1350. The van der Waals surface area contributed by atoms with Crippen LogP contribution in [-0.4, -0.2) is 64.2 Å². The number of nitrogens with two attached hydrogens (primary N) is 2. The van der Waals surface area contributed by atoms with E-state index in [0.29, 0.717) is 22.4 Å². The van der Waals surface area contributed by atoms with Crippen LogP contribution in [0, 0.1) is 12.3 Å². The van der Waals surface area contributed by atoms with Crippen molar-refractivity contribution in [1.29, 1.82) is 5.41 Å². The third kappa shape index (κ3) is 8.04. The number of ether oxygens (including phenoxy) is 2. The third-order valence-corrected chi connectivity index (χ3v) is 7.74. The number of rotatable bonds is 12. The van der Waals surface area contributed by atoms with Gasteiger partial charge in [-0.1, -0.05) is 30.4 Å². The highest BCUT2D eigenvalue weighted by Gasteiger charge is 2.28. The summed E-state index contributed by atoms with van der Waals surface area (Å²) in [5.41, 5.74) is 13.2. The Balaban J connectivity index is 2.00. The maximum Gasteiger partial charge on any atom is 0.323 e. The van der Waals surface area contributed by atoms with Crippen molar-refractivity contribution in [1.82, 2.24) is 5.32 Å². The standard InChI is InChI=1S/C27H35N5O6S/c1-3-37-24(33)17-39(35,36)32(13-5-7-19-6-4-8-20(15-19)26(28)29)21-14-18(2)25(23(16-21)27(30)34)38-22-9-11-31-12-10-22/h4-8,14-16,22,31H,3,9-13,17H2,1-2H3,(H3,28,29)(H2,30,34)/b7-5+. The molecule has 6 N–H and O–H groups in total. The second-order valence-corrected chi connectivity index (χ2v) is 11.0. The van der Waals surface area contributed by atoms with Gasteiger partial charge in [0.05, 0.1) is 24.4 Å². The highest BCUT2D eigenvalue weighted by molar-refractivity contribution is 7.93. The van der Waals surface area contributed by atoms with Crippen molar-refractivity contribution in [3.63, 3.8) is 0 Å². The number of benzene rings is 2. The second kappa shape index (κ2) is 13.3. The van der Waals surface area contributed by atoms with Crippen LogP contribution in [0.15, 0.2) is 42.5 Å². The van der Waals surface area contributed by atoms with Gasteiger partial charge >= 0.3 is 5.97 Å². The Morgan fingerprint density at radius 2 is 1.90 bits per heavy atom. The fourth-order valence-electron chi connectivity index (χ4n) is 4.22. The van der Waals surface area contributed by atoms with Crippen LogP contribution in [0.4, 0.5) is 5.69 Å². The van der Waals surface area contributed by atoms with E-state index < -0.39 is 27.7 Å². The fraction of sp³-hybridized carbons (Fsp3) is 0.370. The summed E-state index contributed by atoms with van der Waals surface area (Å²) in [7, 11) is -4.22. The van der Waals surface area contributed by atoms with Crippen molar-refractivity contribution in [2.45, 2.75) is 32.8 Å². The number of anilines is 1. The van der Waals surface area contributed by atoms with Crippen molar-refractivity contribution in [3.05, 3.63) is 64.7 Å². The Kier molecular flexibility index (Phi) is 10.1. The summed E-state index contributed by atoms with van der Waals surface area (Å²) < 4.78 is 38.8. The van der Waals surface area contributed by atoms with E-state index in [1.807, 2.05) is 0 Å². The first-order valence-corrected chi connectivity index (χ1v) is 14.2. The molecule has 0 atom stereocenters. The molecule has 1 aliphatic heterocycles. The Morgan fingerprint density at radius 1 is 1.18 bits per heavy atom. The minimum atomic E-state index is -4.22. The average molecular weight is 558 g/mol. The SMILES string of the molecule is CCOC(=O)CS(=O)(=O)N(C/C=C/c1cccc(C(=N)N)c1)c1cc(C)c(OC2CCNCC2)c(C(N)=O)c1. The first-order chi connectivity index (χ1) is 18.5. The van der Waals surface area contributed by atoms with E-state index in [9.17, 15) is 18.0 Å². The monoisotopic (exact) mass is 557 g/mol. The number of sulfonamides is 1. The summed E-state index contributed by atoms with van der Waals surface area (Å²) in [4.78, 5) is 24.6. The molecule has 0 saturated carbocycles. The average Bonchev–Trinajstić information content (AvgIpc) is 2.88. The Hall–Kier alpha value is -3.90. The summed E-state index contributed by atoms with van der Waals surface area (Å²) in [5.74, 6) is -2.31. The minimum absolute atomic E-state index is 0.0361. The highest BCUT2D eigenvalue weighted by atomic mass is 32.2. The number of nitrogens with one attached hydrogen (secondary N) is 2. The highest BCUT2D eigenvalue weighted by Crippen LogP contribution is 2.32. The van der Waals surface area contributed by atoms with Crippen LogP contribution in [-0.2, 0) is 19.6 Å². The summed E-state index contributed by atoms with van der Waals surface area (Å²) in [6.45, 7) is 4.76. The van der Waals surface area contributed by atoms with Gasteiger partial charge in [0, 0.05) is 5.56 Å². The molecule has 3 rings (SSSR count). The van der Waals surface area contributed by atoms with E-state index in [-0.39, 0.29) is 36.3 Å². The van der Waals surface area contributed by atoms with E-state index in [0.717, 1.165) is 30.2 Å². The van der Waals surface area contributed by atoms with Crippen molar-refractivity contribution in [3.8, 4) is 5.75 Å². The number of nitrogen functional groups attached to an aromatic ring is 1. The molecular weight excluding hydrogens is 522 g/mol. The molecule has 11 nitrogen and oxygen atoms in total. The summed E-state index contributed by atoms with van der Waals surface area (Å²) in [5, 5.41) is 10.9. The lowest BCUT2D eigenvalue weighted by Gasteiger charge is -2.28. The Morgan fingerprint density at radius 3 is 2.54 bits per heavy atom. The predicted molar refractivity (Wildman–Crippen MR) is 150 cm³/mol. The van der Waals surface area contributed by atoms with Crippen LogP contribution in [0.25, 0.3) is 6.08 Å². The molecule has 1 amide bonds. The normalized spacial score (nSPS) is 14.2. The van der Waals surface area contributed by atoms with Gasteiger partial charge in [-0.3, -0.25) is 19.3 Å². The maximum atomic E-state index is 13.4. The maximum absolute atomic E-state index is 13.4. The molecule has 2 aromatic rings. The lowest BCUT2D eigenvalue weighted by atomic mass is 10.1. The molecule has 0 aliphatic carbocycles. The largest absolute Gasteiger partial charge is 0.489 e. The van der Waals surface area contributed by atoms with E-state index in [1.54, 1.807) is 56.3 Å². The van der Waals surface area contributed by atoms with Crippen molar-refractivity contribution in [2.75, 3.05) is 36.3 Å². The first-order valence-electron chi connectivity index (χ1n) is 12.6. The number of nitrogens with zero attached hydrogens (tertiary/aromatic N) is 1. The van der Waals surface area contributed by atoms with Crippen molar-refractivity contribution in [2.24, 2.45) is 11.5 Å². The Labute approximate surface area is 228 Å². The van der Waals surface area contributed by atoms with Crippen LogP contribution in [0.2, 0.25) is 0 Å². The van der Waals surface area contributed by atoms with E-state index in [4.69, 9.17) is 26.4 Å². The van der Waals surface area contributed by atoms with Gasteiger partial charge < -0.3 is 26.3 Å². The van der Waals surface area contributed by atoms with Crippen LogP contribution in [0.5, 0.6) is 5.75 Å². The van der Waals surface area contributed by atoms with Crippen LogP contribution >= 0.6 is 0 Å². The number of carbonyl (C=O) groups is 2. The zero-order valence-electron chi connectivity index (χ0n) is 22.1. The molecule has 0 aromatic heterocycles. The van der Waals surface area contributed by atoms with Gasteiger partial charge in [0.25, 0.3) is 5.91 Å². The molecule has 1 aliphatic rings. The van der Waals surface area contributed by atoms with Crippen LogP contribution in [0.1, 0.15) is 46.8 Å². The number of amidine groups is 1. The lowest BCUT2D eigenvalue weighted by Crippen LogP contribution is -2.37. The van der Waals surface area contributed by atoms with Gasteiger partial charge in [-0.15, -0.1) is 0 Å². The van der Waals surface area contributed by atoms with Gasteiger partial charge in [-0.05, 0) is 69.1 Å². The number of esters is 1. The second-order valence-electron chi connectivity index (χ2n) is 9.10. The summed E-state index contributed by atoms with van der Waals surface area (Å²) >= 11 is 0. The minimum Gasteiger partial charge on any atom is -0.489 e. The van der Waals surface area contributed by atoms with Crippen LogP contribution in [0.3, 0.4) is 0 Å². The molecule has 0 spiro atoms. The number of piperidine rings is 1. The molecule has 210 valence electrons. The van der Waals surface area contributed by atoms with Crippen molar-refractivity contribution < 1.29 is 27.5 Å². The summed E-state index contributed by atoms with van der Waals surface area (Å²) in [6, 6.07) is 9.86. The zero-order chi connectivity index (χ0) is 28.6. The number of amides is 1. The smallest absolute Gasteiger partial charge is 0.323 e. The number of carbonyl (C=O) groups excluding carboxylic acids is 2. The number of primary amides is 1. The van der Waals surface area contributed by atoms with Crippen LogP contribution < -0.4 is 25.8 Å². The van der Waals surface area contributed by atoms with E-state index in [2.05, 4.69) is 5.32 Å². The van der Waals surface area contributed by atoms with E-state index >= 15 is 0 Å². The number of hydrogen-bond acceptors (Lipinski definition) is 8. The molecule has 1 fully saturated rings. The molecule has 1 saturated heterocycles. The molecular formula is C27H35N5O6S. The van der Waals surface area contributed by atoms with Gasteiger partial charge in [0.2, 0.25) is 10.0 Å². The summed E-state index contributed by atoms with van der Waals surface area (Å²) in [6.07, 6.45) is 4.69. The molecule has 39 heavy (non-hydrogen) atoms. The van der Waals surface area contributed by atoms with E-state index in [1.165, 1.54) is 6.07 Å². The third-order valence-electron chi connectivity index (χ3n) is 6.10. The lowest BCUT2D eigenvalue weighted by molar-refractivity contribution is -0.139. The molecule has 1 heterocycles. The fourth-order valence-corrected chi connectivity index (χ4v) is 5.50. The van der Waals surface area contributed by atoms with Gasteiger partial charge in [0.15, 0.2) is 5.75 Å². The number of aryl methyl sites for hydroxylation is 1.